The van der Waals surface area contributed by atoms with Crippen LogP contribution in [0, 0.1) is 0 Å². The maximum Gasteiger partial charge on any atom is 0.0298 e. The molecule has 1 nitrogen and oxygen atoms in total. The van der Waals surface area contributed by atoms with Crippen LogP contribution in [0.3, 0.4) is 0 Å². The van der Waals surface area contributed by atoms with Crippen molar-refractivity contribution in [3.63, 3.8) is 0 Å². The molecule has 0 aliphatic heterocycles. The number of benzene rings is 2. The zero-order valence-corrected chi connectivity index (χ0v) is 12.9. The van der Waals surface area contributed by atoms with Crippen molar-refractivity contribution in [3.05, 3.63) is 59.7 Å². The minimum absolute atomic E-state index is 0.403. The lowest BCUT2D eigenvalue weighted by Crippen LogP contribution is -2.20. The molecule has 110 valence electrons. The van der Waals surface area contributed by atoms with Gasteiger partial charge in [0, 0.05) is 6.04 Å². The van der Waals surface area contributed by atoms with Crippen molar-refractivity contribution in [2.45, 2.75) is 45.1 Å². The molecule has 1 heteroatoms. The number of hydrogen-bond acceptors (Lipinski definition) is 1. The molecule has 0 amide bonds. The first-order valence-corrected chi connectivity index (χ1v) is 8.23. The average molecular weight is 279 g/mol. The summed E-state index contributed by atoms with van der Waals surface area (Å²) in [5, 5.41) is 6.40. The lowest BCUT2D eigenvalue weighted by atomic mass is 9.96. The van der Waals surface area contributed by atoms with E-state index < -0.39 is 0 Å². The van der Waals surface area contributed by atoms with Gasteiger partial charge in [0.1, 0.15) is 0 Å². The van der Waals surface area contributed by atoms with Crippen LogP contribution in [0.4, 0.5) is 0 Å². The highest BCUT2D eigenvalue weighted by Crippen LogP contribution is 2.24. The van der Waals surface area contributed by atoms with Crippen LogP contribution in [-0.4, -0.2) is 6.54 Å². The van der Waals surface area contributed by atoms with Crippen LogP contribution in [0.2, 0.25) is 0 Å². The molecule has 0 radical (unpaired) electrons. The smallest absolute Gasteiger partial charge is 0.0298 e. The van der Waals surface area contributed by atoms with Gasteiger partial charge in [0.05, 0.1) is 0 Å². The summed E-state index contributed by atoms with van der Waals surface area (Å²) in [6.07, 6.45) is 9.01. The molecular weight excluding hydrogens is 254 g/mol. The lowest BCUT2D eigenvalue weighted by molar-refractivity contribution is 0.565. The van der Waals surface area contributed by atoms with E-state index in [9.17, 15) is 0 Å². The number of fused-ring (bicyclic) bond motifs is 1. The van der Waals surface area contributed by atoms with Gasteiger partial charge < -0.3 is 5.32 Å². The fourth-order valence-electron chi connectivity index (χ4n) is 3.32. The fraction of sp³-hybridized carbons (Fsp3) is 0.400. The van der Waals surface area contributed by atoms with Gasteiger partial charge in [0.15, 0.2) is 0 Å². The van der Waals surface area contributed by atoms with Crippen LogP contribution in [-0.2, 0) is 0 Å². The van der Waals surface area contributed by atoms with Gasteiger partial charge in [-0.25, -0.2) is 0 Å². The normalized spacial score (nSPS) is 16.7. The Balaban J connectivity index is 1.64. The van der Waals surface area contributed by atoms with Crippen molar-refractivity contribution in [2.24, 2.45) is 0 Å². The predicted octanol–water partition coefficient (Wildman–Crippen LogP) is 5.38. The van der Waals surface area contributed by atoms with Crippen LogP contribution < -0.4 is 5.32 Å². The second kappa shape index (κ2) is 6.91. The second-order valence-corrected chi connectivity index (χ2v) is 6.10. The topological polar surface area (TPSA) is 12.0 Å². The van der Waals surface area contributed by atoms with E-state index in [1.165, 1.54) is 48.4 Å². The third-order valence-electron chi connectivity index (χ3n) is 4.57. The van der Waals surface area contributed by atoms with Gasteiger partial charge in [0.2, 0.25) is 0 Å². The zero-order valence-electron chi connectivity index (χ0n) is 12.9. The summed E-state index contributed by atoms with van der Waals surface area (Å²) in [7, 11) is 0. The number of hydrogen-bond donors (Lipinski definition) is 1. The average Bonchev–Trinajstić information content (AvgIpc) is 2.55. The number of allylic oxidation sites excluding steroid dienone is 1. The number of rotatable bonds is 5. The Hall–Kier alpha value is -1.60. The van der Waals surface area contributed by atoms with E-state index in [1.54, 1.807) is 5.57 Å². The van der Waals surface area contributed by atoms with Crippen molar-refractivity contribution >= 4 is 10.8 Å². The molecule has 0 fully saturated rings. The Bertz CT molecular complexity index is 621. The van der Waals surface area contributed by atoms with Crippen LogP contribution in [0.5, 0.6) is 0 Å². The number of nitrogens with one attached hydrogen (secondary N) is 1. The molecule has 2 aromatic rings. The molecular formula is C20H25N. The Morgan fingerprint density at radius 2 is 1.90 bits per heavy atom. The van der Waals surface area contributed by atoms with E-state index in [1.807, 2.05) is 0 Å². The summed E-state index contributed by atoms with van der Waals surface area (Å²) in [6.45, 7) is 3.35. The molecule has 2 aromatic carbocycles. The maximum absolute atomic E-state index is 3.70. The van der Waals surface area contributed by atoms with E-state index in [0.717, 1.165) is 6.54 Å². The predicted molar refractivity (Wildman–Crippen MR) is 91.5 cm³/mol. The highest BCUT2D eigenvalue weighted by atomic mass is 14.9. The van der Waals surface area contributed by atoms with Crippen molar-refractivity contribution < 1.29 is 0 Å². The van der Waals surface area contributed by atoms with Gasteiger partial charge in [0.25, 0.3) is 0 Å². The minimum atomic E-state index is 0.403. The maximum atomic E-state index is 3.70. The standard InChI is InChI=1S/C20H25N/c1-16(21-15-14-17-8-3-2-4-9-17)19-13-7-11-18-10-5-6-12-20(18)19/h5-8,10-13,16,21H,2-4,9,14-15H2,1H3. The highest BCUT2D eigenvalue weighted by molar-refractivity contribution is 5.86. The highest BCUT2D eigenvalue weighted by Gasteiger charge is 2.09. The van der Waals surface area contributed by atoms with E-state index in [0.29, 0.717) is 6.04 Å². The van der Waals surface area contributed by atoms with Gasteiger partial charge in [-0.1, -0.05) is 54.1 Å². The van der Waals surface area contributed by atoms with Gasteiger partial charge in [-0.15, -0.1) is 0 Å². The summed E-state index contributed by atoms with van der Waals surface area (Å²) in [6, 6.07) is 15.7. The van der Waals surface area contributed by atoms with Gasteiger partial charge in [-0.05, 0) is 61.9 Å². The van der Waals surface area contributed by atoms with Crippen LogP contribution in [0.25, 0.3) is 10.8 Å². The quantitative estimate of drug-likeness (QED) is 0.724. The van der Waals surface area contributed by atoms with E-state index >= 15 is 0 Å². The molecule has 1 aliphatic carbocycles. The van der Waals surface area contributed by atoms with Crippen molar-refractivity contribution in [1.82, 2.24) is 5.32 Å². The largest absolute Gasteiger partial charge is 0.310 e. The van der Waals surface area contributed by atoms with E-state index in [4.69, 9.17) is 0 Å². The van der Waals surface area contributed by atoms with Crippen molar-refractivity contribution in [3.8, 4) is 0 Å². The third kappa shape index (κ3) is 3.54. The van der Waals surface area contributed by atoms with Crippen molar-refractivity contribution in [2.75, 3.05) is 6.54 Å². The molecule has 0 saturated carbocycles. The molecule has 0 spiro atoms. The molecule has 1 aliphatic rings. The first kappa shape index (κ1) is 14.3. The molecule has 1 unspecified atom stereocenters. The molecule has 0 bridgehead atoms. The summed E-state index contributed by atoms with van der Waals surface area (Å²) in [5.41, 5.74) is 3.06. The van der Waals surface area contributed by atoms with E-state index in [2.05, 4.69) is 60.8 Å². The first-order chi connectivity index (χ1) is 10.3. The molecule has 0 heterocycles. The SMILES string of the molecule is CC(NCCC1=CCCCC1)c1cccc2ccccc12. The third-order valence-corrected chi connectivity index (χ3v) is 4.57. The summed E-state index contributed by atoms with van der Waals surface area (Å²) < 4.78 is 0. The monoisotopic (exact) mass is 279 g/mol. The zero-order chi connectivity index (χ0) is 14.5. The van der Waals surface area contributed by atoms with Gasteiger partial charge in [-0.2, -0.15) is 0 Å². The summed E-state index contributed by atoms with van der Waals surface area (Å²) >= 11 is 0. The molecule has 0 aromatic heterocycles. The summed E-state index contributed by atoms with van der Waals surface area (Å²) in [4.78, 5) is 0. The van der Waals surface area contributed by atoms with Crippen LogP contribution in [0.15, 0.2) is 54.1 Å². The Kier molecular flexibility index (Phi) is 4.72. The second-order valence-electron chi connectivity index (χ2n) is 6.10. The first-order valence-electron chi connectivity index (χ1n) is 8.23. The Morgan fingerprint density at radius 1 is 1.05 bits per heavy atom. The Labute approximate surface area is 128 Å². The van der Waals surface area contributed by atoms with Gasteiger partial charge in [-0.3, -0.25) is 0 Å². The lowest BCUT2D eigenvalue weighted by Gasteiger charge is -2.18. The van der Waals surface area contributed by atoms with Crippen LogP contribution in [0.1, 0.15) is 50.6 Å². The summed E-state index contributed by atoms with van der Waals surface area (Å²) in [5.74, 6) is 0. The van der Waals surface area contributed by atoms with E-state index in [-0.39, 0.29) is 0 Å². The Morgan fingerprint density at radius 3 is 2.76 bits per heavy atom. The molecule has 1 atom stereocenters. The fourth-order valence-corrected chi connectivity index (χ4v) is 3.32. The van der Waals surface area contributed by atoms with Gasteiger partial charge >= 0.3 is 0 Å². The minimum Gasteiger partial charge on any atom is -0.310 e. The molecule has 0 saturated heterocycles. The molecule has 1 N–H and O–H groups in total. The molecule has 3 rings (SSSR count). The van der Waals surface area contributed by atoms with Crippen LogP contribution >= 0.6 is 0 Å². The molecule has 21 heavy (non-hydrogen) atoms. The van der Waals surface area contributed by atoms with Crippen molar-refractivity contribution in [1.29, 1.82) is 0 Å².